The van der Waals surface area contributed by atoms with Crippen LogP contribution in [-0.2, 0) is 6.42 Å². The third kappa shape index (κ3) is 3.37. The molecule has 84 valence electrons. The Balaban J connectivity index is 1.88. The summed E-state index contributed by atoms with van der Waals surface area (Å²) in [6, 6.07) is 6.45. The van der Waals surface area contributed by atoms with Crippen LogP contribution in [0.25, 0.3) is 0 Å². The predicted octanol–water partition coefficient (Wildman–Crippen LogP) is -0.202. The number of alkyl halides is 2. The van der Waals surface area contributed by atoms with Crippen molar-refractivity contribution in [3.05, 3.63) is 29.3 Å². The molecule has 0 heterocycles. The SMILES string of the molecule is COc1ccc(CC[I-]C2CC2)c(C)c1. The molecule has 0 amide bonds. The van der Waals surface area contributed by atoms with Crippen LogP contribution < -0.4 is 25.9 Å². The van der Waals surface area contributed by atoms with Gasteiger partial charge >= 0.3 is 103 Å². The molecular formula is C13H18IO-. The molecule has 1 aromatic carbocycles. The van der Waals surface area contributed by atoms with Gasteiger partial charge in [-0.1, -0.05) is 0 Å². The van der Waals surface area contributed by atoms with Gasteiger partial charge in [0.15, 0.2) is 0 Å². The summed E-state index contributed by atoms with van der Waals surface area (Å²) in [6.07, 6.45) is 4.32. The first-order valence-corrected chi connectivity index (χ1v) is 8.28. The molecule has 0 atom stereocenters. The fourth-order valence-electron chi connectivity index (χ4n) is 1.60. The molecule has 0 radical (unpaired) electrons. The number of hydrogen-bond donors (Lipinski definition) is 0. The summed E-state index contributed by atoms with van der Waals surface area (Å²) in [5.41, 5.74) is 2.89. The van der Waals surface area contributed by atoms with Crippen LogP contribution in [0.2, 0.25) is 0 Å². The second-order valence-corrected chi connectivity index (χ2v) is 7.78. The van der Waals surface area contributed by atoms with Crippen molar-refractivity contribution in [2.24, 2.45) is 0 Å². The number of rotatable bonds is 5. The maximum atomic E-state index is 5.21. The average molecular weight is 317 g/mol. The van der Waals surface area contributed by atoms with E-state index in [1.54, 1.807) is 7.11 Å². The van der Waals surface area contributed by atoms with E-state index in [0.717, 1.165) is 5.75 Å². The fourth-order valence-corrected chi connectivity index (χ4v) is 4.62. The van der Waals surface area contributed by atoms with Gasteiger partial charge in [0.1, 0.15) is 0 Å². The first-order valence-electron chi connectivity index (χ1n) is 5.51. The predicted molar refractivity (Wildman–Crippen MR) is 59.3 cm³/mol. The number of halogens is 1. The van der Waals surface area contributed by atoms with Crippen LogP contribution in [0.15, 0.2) is 18.2 Å². The molecule has 2 heteroatoms. The van der Waals surface area contributed by atoms with E-state index in [0.29, 0.717) is 21.2 Å². The Morgan fingerprint density at radius 1 is 1.40 bits per heavy atom. The molecule has 15 heavy (non-hydrogen) atoms. The molecule has 1 fully saturated rings. The maximum absolute atomic E-state index is 5.21. The molecule has 1 aliphatic carbocycles. The van der Waals surface area contributed by atoms with Crippen molar-refractivity contribution in [1.29, 1.82) is 0 Å². The minimum absolute atomic E-state index is 0.495. The summed E-state index contributed by atoms with van der Waals surface area (Å²) in [7, 11) is 1.73. The van der Waals surface area contributed by atoms with Crippen LogP contribution in [0, 0.1) is 6.92 Å². The van der Waals surface area contributed by atoms with Crippen molar-refractivity contribution < 1.29 is 25.9 Å². The number of aryl methyl sites for hydroxylation is 2. The van der Waals surface area contributed by atoms with E-state index in [9.17, 15) is 0 Å². The Morgan fingerprint density at radius 2 is 2.20 bits per heavy atom. The number of methoxy groups -OCH3 is 1. The molecule has 1 aliphatic rings. The van der Waals surface area contributed by atoms with Crippen molar-refractivity contribution in [1.82, 2.24) is 0 Å². The van der Waals surface area contributed by atoms with E-state index in [4.69, 9.17) is 4.74 Å². The van der Waals surface area contributed by atoms with Crippen LogP contribution in [0.5, 0.6) is 5.75 Å². The van der Waals surface area contributed by atoms with E-state index in [2.05, 4.69) is 25.1 Å². The van der Waals surface area contributed by atoms with E-state index < -0.39 is 0 Å². The zero-order valence-corrected chi connectivity index (χ0v) is 11.6. The van der Waals surface area contributed by atoms with Gasteiger partial charge < -0.3 is 0 Å². The van der Waals surface area contributed by atoms with Crippen molar-refractivity contribution in [2.75, 3.05) is 11.5 Å². The van der Waals surface area contributed by atoms with Gasteiger partial charge in [0.25, 0.3) is 0 Å². The average Bonchev–Trinajstić information content (AvgIpc) is 3.04. The molecule has 0 spiro atoms. The first-order chi connectivity index (χ1) is 7.29. The van der Waals surface area contributed by atoms with Crippen LogP contribution in [0.3, 0.4) is 0 Å². The molecule has 0 bridgehead atoms. The van der Waals surface area contributed by atoms with E-state index in [1.165, 1.54) is 38.7 Å². The van der Waals surface area contributed by atoms with Crippen molar-refractivity contribution in [2.45, 2.75) is 30.1 Å². The van der Waals surface area contributed by atoms with Gasteiger partial charge in [-0.05, 0) is 0 Å². The van der Waals surface area contributed by atoms with E-state index in [1.807, 2.05) is 0 Å². The Labute approximate surface area is 102 Å². The van der Waals surface area contributed by atoms with Crippen LogP contribution in [0.4, 0.5) is 0 Å². The summed E-state index contributed by atoms with van der Waals surface area (Å²) in [5.74, 6) is 0.980. The Bertz CT molecular complexity index is 331. The van der Waals surface area contributed by atoms with Crippen molar-refractivity contribution in [3.63, 3.8) is 0 Å². The van der Waals surface area contributed by atoms with Gasteiger partial charge in [-0.15, -0.1) is 0 Å². The Hall–Kier alpha value is -0.250. The van der Waals surface area contributed by atoms with Crippen molar-refractivity contribution >= 4 is 0 Å². The standard InChI is InChI=1S/C13H18IO/c1-10-9-13(15-2)6-3-11(10)7-8-14-12-4-5-12/h3,6,9,12H,4-5,7-8H2,1-2H3/q-1. The normalized spacial score (nSPS) is 15.6. The molecule has 0 aliphatic heterocycles. The van der Waals surface area contributed by atoms with Gasteiger partial charge in [0, 0.05) is 0 Å². The third-order valence-corrected chi connectivity index (χ3v) is 6.40. The zero-order chi connectivity index (χ0) is 10.7. The monoisotopic (exact) mass is 317 g/mol. The molecule has 0 unspecified atom stereocenters. The Kier molecular flexibility index (Phi) is 3.89. The van der Waals surface area contributed by atoms with Crippen molar-refractivity contribution in [3.8, 4) is 5.75 Å². The third-order valence-electron chi connectivity index (χ3n) is 2.75. The summed E-state index contributed by atoms with van der Waals surface area (Å²) in [5, 5.41) is 0. The van der Waals surface area contributed by atoms with Gasteiger partial charge in [-0.2, -0.15) is 0 Å². The molecule has 1 nitrogen and oxygen atoms in total. The summed E-state index contributed by atoms with van der Waals surface area (Å²) in [6.45, 7) is 2.19. The molecule has 0 saturated heterocycles. The molecule has 1 saturated carbocycles. The second-order valence-electron chi connectivity index (χ2n) is 4.06. The molecule has 0 N–H and O–H groups in total. The molecule has 1 aromatic rings. The number of benzene rings is 1. The van der Waals surface area contributed by atoms with E-state index >= 15 is 0 Å². The first kappa shape index (κ1) is 11.2. The topological polar surface area (TPSA) is 9.23 Å². The molecule has 2 rings (SSSR count). The van der Waals surface area contributed by atoms with Crippen LogP contribution >= 0.6 is 0 Å². The second kappa shape index (κ2) is 5.19. The van der Waals surface area contributed by atoms with E-state index in [-0.39, 0.29) is 0 Å². The summed E-state index contributed by atoms with van der Waals surface area (Å²) in [4.78, 5) is 0. The number of ether oxygens (including phenoxy) is 1. The van der Waals surface area contributed by atoms with Gasteiger partial charge in [-0.25, -0.2) is 0 Å². The zero-order valence-electron chi connectivity index (χ0n) is 9.42. The van der Waals surface area contributed by atoms with Crippen LogP contribution in [0.1, 0.15) is 24.0 Å². The summed E-state index contributed by atoms with van der Waals surface area (Å²) >= 11 is 0.495. The van der Waals surface area contributed by atoms with Gasteiger partial charge in [0.2, 0.25) is 0 Å². The Morgan fingerprint density at radius 3 is 2.80 bits per heavy atom. The quantitative estimate of drug-likeness (QED) is 0.540. The summed E-state index contributed by atoms with van der Waals surface area (Å²) < 4.78 is 7.83. The van der Waals surface area contributed by atoms with Crippen LogP contribution in [-0.4, -0.2) is 15.5 Å². The minimum atomic E-state index is 0.495. The fraction of sp³-hybridized carbons (Fsp3) is 0.538. The number of hydrogen-bond acceptors (Lipinski definition) is 1. The van der Waals surface area contributed by atoms with Gasteiger partial charge in [-0.3, -0.25) is 0 Å². The molecular weight excluding hydrogens is 299 g/mol. The van der Waals surface area contributed by atoms with Gasteiger partial charge in [0.05, 0.1) is 0 Å². The molecule has 0 aromatic heterocycles.